The van der Waals surface area contributed by atoms with E-state index in [-0.39, 0.29) is 16.9 Å². The van der Waals surface area contributed by atoms with Crippen LogP contribution in [0.15, 0.2) is 24.3 Å². The standard InChI is InChI=1S/C36H47ClN8O3/c1-41(2)33(46)31-30(37)29-22-44(14-7-15-45(29)40-31)32-26-21-42(3)36(11-6-9-25-8-4-5-10-27(25)36)20-28(26)38-34(39-32)48-24-35(12-13-35)23-43-16-18-47-19-17-43/h4-5,8,10H,6-7,9,11-24H2,1-3H3/t36-/m0/s1. The number of hydrogen-bond acceptors (Lipinski definition) is 9. The summed E-state index contributed by atoms with van der Waals surface area (Å²) in [7, 11) is 5.71. The van der Waals surface area contributed by atoms with E-state index in [0.717, 1.165) is 114 Å². The Bertz CT molecular complexity index is 1700. The van der Waals surface area contributed by atoms with Gasteiger partial charge in [0.05, 0.1) is 48.3 Å². The van der Waals surface area contributed by atoms with Crippen LogP contribution in [0.3, 0.4) is 0 Å². The first-order valence-corrected chi connectivity index (χ1v) is 18.0. The van der Waals surface area contributed by atoms with Crippen molar-refractivity contribution in [2.75, 3.05) is 72.0 Å². The molecule has 1 aromatic carbocycles. The monoisotopic (exact) mass is 674 g/mol. The van der Waals surface area contributed by atoms with Crippen LogP contribution in [-0.4, -0.2) is 107 Å². The molecule has 1 amide bonds. The summed E-state index contributed by atoms with van der Waals surface area (Å²) in [5, 5.41) is 5.08. The second kappa shape index (κ2) is 12.6. The number of rotatable bonds is 7. The van der Waals surface area contributed by atoms with Crippen LogP contribution >= 0.6 is 11.6 Å². The molecule has 2 aromatic heterocycles. The molecule has 1 saturated carbocycles. The van der Waals surface area contributed by atoms with Gasteiger partial charge >= 0.3 is 6.01 Å². The summed E-state index contributed by atoms with van der Waals surface area (Å²) in [6.45, 7) is 7.94. The average molecular weight is 675 g/mol. The number of benzene rings is 1. The van der Waals surface area contributed by atoms with Crippen LogP contribution in [0.5, 0.6) is 6.01 Å². The summed E-state index contributed by atoms with van der Waals surface area (Å²) < 4.78 is 14.1. The van der Waals surface area contributed by atoms with E-state index in [9.17, 15) is 4.79 Å². The second-order valence-corrected chi connectivity index (χ2v) is 15.2. The molecule has 256 valence electrons. The topological polar surface area (TPSA) is 92.1 Å². The summed E-state index contributed by atoms with van der Waals surface area (Å²) in [4.78, 5) is 32.2. The third-order valence-electron chi connectivity index (χ3n) is 11.4. The zero-order chi connectivity index (χ0) is 33.0. The summed E-state index contributed by atoms with van der Waals surface area (Å²) >= 11 is 6.90. The summed E-state index contributed by atoms with van der Waals surface area (Å²) in [6, 6.07) is 9.43. The van der Waals surface area contributed by atoms with E-state index in [2.05, 4.69) is 51.1 Å². The van der Waals surface area contributed by atoms with Crippen LogP contribution in [0.1, 0.15) is 70.7 Å². The number of aryl methyl sites for hydroxylation is 2. The van der Waals surface area contributed by atoms with Gasteiger partial charge in [0, 0.05) is 70.8 Å². The van der Waals surface area contributed by atoms with Gasteiger partial charge in [0.1, 0.15) is 5.82 Å². The number of ether oxygens (including phenoxy) is 2. The van der Waals surface area contributed by atoms with Crippen molar-refractivity contribution >= 4 is 23.3 Å². The number of halogens is 1. The SMILES string of the molecule is CN(C)C(=O)c1nn2c(c1Cl)CN(c1nc(OCC3(CN4CCOCC4)CC3)nc3c1CN(C)[C@@]1(CCCc4ccccc41)C3)CCC2. The predicted molar refractivity (Wildman–Crippen MR) is 184 cm³/mol. The molecule has 48 heavy (non-hydrogen) atoms. The van der Waals surface area contributed by atoms with E-state index in [4.69, 9.17) is 31.0 Å². The maximum absolute atomic E-state index is 12.9. The summed E-state index contributed by atoms with van der Waals surface area (Å²) in [5.74, 6) is 0.720. The molecule has 0 radical (unpaired) electrons. The predicted octanol–water partition coefficient (Wildman–Crippen LogP) is 4.15. The Morgan fingerprint density at radius 1 is 1.04 bits per heavy atom. The molecule has 1 atom stereocenters. The van der Waals surface area contributed by atoms with Crippen LogP contribution in [0, 0.1) is 5.41 Å². The van der Waals surface area contributed by atoms with Crippen molar-refractivity contribution in [2.45, 2.75) is 70.1 Å². The van der Waals surface area contributed by atoms with E-state index < -0.39 is 0 Å². The highest BCUT2D eigenvalue weighted by molar-refractivity contribution is 6.34. The number of morpholine rings is 1. The van der Waals surface area contributed by atoms with Crippen LogP contribution in [0.25, 0.3) is 0 Å². The molecule has 0 unspecified atom stereocenters. The maximum Gasteiger partial charge on any atom is 0.318 e. The van der Waals surface area contributed by atoms with Crippen LogP contribution in [0.2, 0.25) is 5.02 Å². The molecule has 1 spiro atoms. The first-order chi connectivity index (χ1) is 23.3. The highest BCUT2D eigenvalue weighted by atomic mass is 35.5. The first-order valence-electron chi connectivity index (χ1n) is 17.6. The van der Waals surface area contributed by atoms with Gasteiger partial charge in [0.2, 0.25) is 0 Å². The van der Waals surface area contributed by atoms with Gasteiger partial charge in [-0.3, -0.25) is 19.3 Å². The molecule has 1 saturated heterocycles. The van der Waals surface area contributed by atoms with Crippen LogP contribution < -0.4 is 9.64 Å². The van der Waals surface area contributed by atoms with E-state index >= 15 is 0 Å². The maximum atomic E-state index is 12.9. The molecule has 2 aliphatic carbocycles. The third kappa shape index (κ3) is 5.76. The third-order valence-corrected chi connectivity index (χ3v) is 11.8. The molecule has 0 bridgehead atoms. The minimum Gasteiger partial charge on any atom is -0.463 e. The lowest BCUT2D eigenvalue weighted by Gasteiger charge is -2.49. The lowest BCUT2D eigenvalue weighted by atomic mass is 9.71. The Balaban J connectivity index is 1.15. The van der Waals surface area contributed by atoms with Crippen molar-refractivity contribution in [1.82, 2.24) is 34.4 Å². The average Bonchev–Trinajstić information content (AvgIpc) is 3.83. The fourth-order valence-electron chi connectivity index (χ4n) is 8.40. The molecule has 8 rings (SSSR count). The summed E-state index contributed by atoms with van der Waals surface area (Å²) in [6.07, 6.45) is 7.36. The number of likely N-dealkylation sites (N-methyl/N-ethyl adjacent to an activating group) is 1. The molecule has 12 heteroatoms. The molecule has 5 heterocycles. The number of amides is 1. The van der Waals surface area contributed by atoms with Gasteiger partial charge in [-0.25, -0.2) is 0 Å². The minimum atomic E-state index is -0.187. The molecular formula is C36H47ClN8O3. The number of carbonyl (C=O) groups is 1. The molecule has 11 nitrogen and oxygen atoms in total. The first kappa shape index (κ1) is 32.0. The Morgan fingerprint density at radius 3 is 2.65 bits per heavy atom. The van der Waals surface area contributed by atoms with Crippen molar-refractivity contribution in [3.8, 4) is 6.01 Å². The highest BCUT2D eigenvalue weighted by Crippen LogP contribution is 2.49. The molecular weight excluding hydrogens is 628 g/mol. The molecule has 2 fully saturated rings. The highest BCUT2D eigenvalue weighted by Gasteiger charge is 2.47. The zero-order valence-electron chi connectivity index (χ0n) is 28.5. The Hall–Kier alpha value is -3.25. The van der Waals surface area contributed by atoms with E-state index in [1.165, 1.54) is 16.0 Å². The molecule has 0 N–H and O–H groups in total. The lowest BCUT2D eigenvalue weighted by Crippen LogP contribution is -2.51. The van der Waals surface area contributed by atoms with Crippen molar-refractivity contribution in [2.24, 2.45) is 5.41 Å². The van der Waals surface area contributed by atoms with Gasteiger partial charge in [-0.15, -0.1) is 0 Å². The van der Waals surface area contributed by atoms with Gasteiger partial charge in [-0.05, 0) is 56.7 Å². The fraction of sp³-hybridized carbons (Fsp3) is 0.611. The zero-order valence-corrected chi connectivity index (χ0v) is 29.3. The van der Waals surface area contributed by atoms with E-state index in [0.29, 0.717) is 36.4 Å². The largest absolute Gasteiger partial charge is 0.463 e. The lowest BCUT2D eigenvalue weighted by molar-refractivity contribution is 0.0230. The number of hydrogen-bond donors (Lipinski definition) is 0. The Kier molecular flexibility index (Phi) is 8.38. The van der Waals surface area contributed by atoms with Gasteiger partial charge in [-0.2, -0.15) is 15.1 Å². The van der Waals surface area contributed by atoms with Crippen molar-refractivity contribution < 1.29 is 14.3 Å². The Labute approximate surface area is 288 Å². The molecule has 3 aliphatic heterocycles. The van der Waals surface area contributed by atoms with Crippen molar-refractivity contribution in [1.29, 1.82) is 0 Å². The Morgan fingerprint density at radius 2 is 1.85 bits per heavy atom. The van der Waals surface area contributed by atoms with E-state index in [1.807, 2.05) is 4.68 Å². The molecule has 3 aromatic rings. The van der Waals surface area contributed by atoms with Gasteiger partial charge in [-0.1, -0.05) is 35.9 Å². The van der Waals surface area contributed by atoms with E-state index in [1.54, 1.807) is 14.1 Å². The fourth-order valence-corrected chi connectivity index (χ4v) is 8.67. The van der Waals surface area contributed by atoms with Gasteiger partial charge in [0.15, 0.2) is 5.69 Å². The number of nitrogens with zero attached hydrogens (tertiary/aromatic N) is 8. The van der Waals surface area contributed by atoms with Crippen LogP contribution in [-0.2, 0) is 42.8 Å². The number of anilines is 1. The van der Waals surface area contributed by atoms with Crippen molar-refractivity contribution in [3.05, 3.63) is 63.1 Å². The normalized spacial score (nSPS) is 23.6. The number of carbonyl (C=O) groups excluding carboxylic acids is 1. The van der Waals surface area contributed by atoms with Crippen molar-refractivity contribution in [3.63, 3.8) is 0 Å². The summed E-state index contributed by atoms with van der Waals surface area (Å²) in [5.41, 5.74) is 6.30. The second-order valence-electron chi connectivity index (χ2n) is 14.8. The number of aromatic nitrogens is 4. The number of fused-ring (bicyclic) bond motifs is 4. The molecule has 5 aliphatic rings. The van der Waals surface area contributed by atoms with Gasteiger partial charge in [0.25, 0.3) is 5.91 Å². The van der Waals surface area contributed by atoms with Crippen LogP contribution in [0.4, 0.5) is 5.82 Å². The minimum absolute atomic E-state index is 0.110. The van der Waals surface area contributed by atoms with Gasteiger partial charge < -0.3 is 19.3 Å². The smallest absolute Gasteiger partial charge is 0.318 e. The quantitative estimate of drug-likeness (QED) is 0.367.